The van der Waals surface area contributed by atoms with E-state index in [1.54, 1.807) is 28.9 Å². The van der Waals surface area contributed by atoms with Gasteiger partial charge in [-0.3, -0.25) is 14.4 Å². The summed E-state index contributed by atoms with van der Waals surface area (Å²) in [6.45, 7) is 5.02. The van der Waals surface area contributed by atoms with Gasteiger partial charge in [0.2, 0.25) is 17.7 Å². The molecule has 2 aromatic carbocycles. The Labute approximate surface area is 188 Å². The standard InChI is InChI=1S/C25H30FN3O3/c1-3-28(18-23(31)27-17-20-9-11-22(26)12-10-20)24(32)25(21-7-5-4-6-8-21)13-15-29(16-14-25)19(2)30/h4-12H,3,13-18H2,1-2H3,(H,27,31). The molecule has 0 saturated carbocycles. The van der Waals surface area contributed by atoms with E-state index < -0.39 is 5.41 Å². The smallest absolute Gasteiger partial charge is 0.239 e. The Morgan fingerprint density at radius 3 is 2.22 bits per heavy atom. The van der Waals surface area contributed by atoms with Crippen LogP contribution >= 0.6 is 0 Å². The van der Waals surface area contributed by atoms with Crippen molar-refractivity contribution in [1.82, 2.24) is 15.1 Å². The number of carbonyl (C=O) groups excluding carboxylic acids is 3. The normalized spacial score (nSPS) is 15.2. The van der Waals surface area contributed by atoms with Gasteiger partial charge >= 0.3 is 0 Å². The lowest BCUT2D eigenvalue weighted by molar-refractivity contribution is -0.144. The zero-order chi connectivity index (χ0) is 23.1. The van der Waals surface area contributed by atoms with Gasteiger partial charge in [-0.05, 0) is 43.0 Å². The van der Waals surface area contributed by atoms with Gasteiger partial charge in [0.25, 0.3) is 0 Å². The van der Waals surface area contributed by atoms with Gasteiger partial charge in [-0.25, -0.2) is 4.39 Å². The topological polar surface area (TPSA) is 69.7 Å². The van der Waals surface area contributed by atoms with E-state index in [-0.39, 0.29) is 36.6 Å². The zero-order valence-electron chi connectivity index (χ0n) is 18.6. The number of benzene rings is 2. The van der Waals surface area contributed by atoms with Gasteiger partial charge < -0.3 is 15.1 Å². The molecule has 0 aromatic heterocycles. The summed E-state index contributed by atoms with van der Waals surface area (Å²) in [5.74, 6) is -0.684. The van der Waals surface area contributed by atoms with Gasteiger partial charge in [-0.2, -0.15) is 0 Å². The maximum atomic E-state index is 13.8. The fourth-order valence-corrected chi connectivity index (χ4v) is 4.25. The van der Waals surface area contributed by atoms with Crippen molar-refractivity contribution in [3.8, 4) is 0 Å². The zero-order valence-corrected chi connectivity index (χ0v) is 18.6. The second kappa shape index (κ2) is 10.4. The van der Waals surface area contributed by atoms with Crippen LogP contribution < -0.4 is 5.32 Å². The lowest BCUT2D eigenvalue weighted by atomic mass is 9.71. The minimum atomic E-state index is -0.763. The molecule has 1 heterocycles. The molecule has 3 amide bonds. The summed E-state index contributed by atoms with van der Waals surface area (Å²) >= 11 is 0. The molecule has 6 nitrogen and oxygen atoms in total. The number of piperidine rings is 1. The molecule has 0 atom stereocenters. The van der Waals surface area contributed by atoms with E-state index in [0.29, 0.717) is 32.5 Å². The average Bonchev–Trinajstić information content (AvgIpc) is 2.82. The number of rotatable bonds is 7. The Morgan fingerprint density at radius 1 is 1.03 bits per heavy atom. The van der Waals surface area contributed by atoms with Crippen molar-refractivity contribution in [1.29, 1.82) is 0 Å². The average molecular weight is 440 g/mol. The fourth-order valence-electron chi connectivity index (χ4n) is 4.25. The molecule has 7 heteroatoms. The van der Waals surface area contributed by atoms with Gasteiger partial charge in [0.15, 0.2) is 0 Å². The van der Waals surface area contributed by atoms with Crippen LogP contribution in [0, 0.1) is 5.82 Å². The number of amides is 3. The molecular formula is C25H30FN3O3. The van der Waals surface area contributed by atoms with Crippen LogP contribution in [0.15, 0.2) is 54.6 Å². The summed E-state index contributed by atoms with van der Waals surface area (Å²) in [4.78, 5) is 41.5. The minimum Gasteiger partial charge on any atom is -0.350 e. The minimum absolute atomic E-state index is 0.00614. The van der Waals surface area contributed by atoms with E-state index in [0.717, 1.165) is 11.1 Å². The maximum absolute atomic E-state index is 13.8. The quantitative estimate of drug-likeness (QED) is 0.721. The molecule has 0 unspecified atom stereocenters. The summed E-state index contributed by atoms with van der Waals surface area (Å²) in [7, 11) is 0. The molecule has 170 valence electrons. The molecule has 1 aliphatic heterocycles. The van der Waals surface area contributed by atoms with Crippen molar-refractivity contribution in [2.24, 2.45) is 0 Å². The van der Waals surface area contributed by atoms with Gasteiger partial charge in [0, 0.05) is 33.1 Å². The number of likely N-dealkylation sites (tertiary alicyclic amines) is 1. The largest absolute Gasteiger partial charge is 0.350 e. The summed E-state index contributed by atoms with van der Waals surface area (Å²) in [5.41, 5.74) is 0.936. The second-order valence-electron chi connectivity index (χ2n) is 8.18. The highest BCUT2D eigenvalue weighted by atomic mass is 19.1. The number of halogens is 1. The third kappa shape index (κ3) is 5.33. The highest BCUT2D eigenvalue weighted by Crippen LogP contribution is 2.37. The Hall–Kier alpha value is -3.22. The lowest BCUT2D eigenvalue weighted by Gasteiger charge is -2.43. The fraction of sp³-hybridized carbons (Fsp3) is 0.400. The van der Waals surface area contributed by atoms with E-state index in [9.17, 15) is 18.8 Å². The molecule has 1 N–H and O–H groups in total. The summed E-state index contributed by atoms with van der Waals surface area (Å²) in [6.07, 6.45) is 1.03. The third-order valence-electron chi connectivity index (χ3n) is 6.20. The van der Waals surface area contributed by atoms with Gasteiger partial charge in [-0.1, -0.05) is 42.5 Å². The monoisotopic (exact) mass is 439 g/mol. The first kappa shape index (κ1) is 23.4. The highest BCUT2D eigenvalue weighted by Gasteiger charge is 2.45. The van der Waals surface area contributed by atoms with Crippen molar-refractivity contribution < 1.29 is 18.8 Å². The second-order valence-corrected chi connectivity index (χ2v) is 8.18. The molecule has 0 radical (unpaired) electrons. The van der Waals surface area contributed by atoms with Crippen LogP contribution in [-0.4, -0.2) is 53.7 Å². The molecule has 2 aromatic rings. The Morgan fingerprint density at radius 2 is 1.66 bits per heavy atom. The van der Waals surface area contributed by atoms with E-state index in [4.69, 9.17) is 0 Å². The van der Waals surface area contributed by atoms with E-state index >= 15 is 0 Å². The molecule has 1 fully saturated rings. The molecule has 3 rings (SSSR count). The van der Waals surface area contributed by atoms with Crippen molar-refractivity contribution in [3.63, 3.8) is 0 Å². The van der Waals surface area contributed by atoms with Crippen molar-refractivity contribution in [2.75, 3.05) is 26.2 Å². The number of carbonyl (C=O) groups is 3. The Balaban J connectivity index is 1.73. The number of hydrogen-bond donors (Lipinski definition) is 1. The van der Waals surface area contributed by atoms with E-state index in [2.05, 4.69) is 5.32 Å². The molecule has 32 heavy (non-hydrogen) atoms. The first-order valence-corrected chi connectivity index (χ1v) is 11.0. The summed E-state index contributed by atoms with van der Waals surface area (Å²) < 4.78 is 13.1. The van der Waals surface area contributed by atoms with Crippen molar-refractivity contribution >= 4 is 17.7 Å². The molecule has 0 bridgehead atoms. The first-order valence-electron chi connectivity index (χ1n) is 11.0. The number of nitrogens with zero attached hydrogens (tertiary/aromatic N) is 2. The number of hydrogen-bond acceptors (Lipinski definition) is 3. The van der Waals surface area contributed by atoms with Crippen molar-refractivity contribution in [2.45, 2.75) is 38.6 Å². The van der Waals surface area contributed by atoms with Crippen LogP contribution in [0.25, 0.3) is 0 Å². The number of nitrogens with one attached hydrogen (secondary N) is 1. The molecular weight excluding hydrogens is 409 g/mol. The van der Waals surface area contributed by atoms with Crippen LogP contribution in [0.5, 0.6) is 0 Å². The Kier molecular flexibility index (Phi) is 7.62. The predicted molar refractivity (Wildman–Crippen MR) is 120 cm³/mol. The molecule has 1 aliphatic rings. The Bertz CT molecular complexity index is 939. The van der Waals surface area contributed by atoms with Crippen LogP contribution in [0.3, 0.4) is 0 Å². The van der Waals surface area contributed by atoms with E-state index in [1.807, 2.05) is 37.3 Å². The number of likely N-dealkylation sites (N-methyl/N-ethyl adjacent to an activating group) is 1. The maximum Gasteiger partial charge on any atom is 0.239 e. The summed E-state index contributed by atoms with van der Waals surface area (Å²) in [5, 5.41) is 2.81. The van der Waals surface area contributed by atoms with Gasteiger partial charge in [0.1, 0.15) is 5.82 Å². The summed E-state index contributed by atoms with van der Waals surface area (Å²) in [6, 6.07) is 15.6. The highest BCUT2D eigenvalue weighted by molar-refractivity contribution is 5.92. The third-order valence-corrected chi connectivity index (χ3v) is 6.20. The van der Waals surface area contributed by atoms with E-state index in [1.165, 1.54) is 12.1 Å². The molecule has 1 saturated heterocycles. The van der Waals surface area contributed by atoms with Crippen molar-refractivity contribution in [3.05, 3.63) is 71.5 Å². The predicted octanol–water partition coefficient (Wildman–Crippen LogP) is 2.87. The lowest BCUT2D eigenvalue weighted by Crippen LogP contribution is -2.55. The molecule has 0 spiro atoms. The van der Waals surface area contributed by atoms with Gasteiger partial charge in [0.05, 0.1) is 12.0 Å². The van der Waals surface area contributed by atoms with Crippen LogP contribution in [-0.2, 0) is 26.3 Å². The first-order chi connectivity index (χ1) is 15.4. The van der Waals surface area contributed by atoms with Crippen LogP contribution in [0.2, 0.25) is 0 Å². The van der Waals surface area contributed by atoms with Crippen LogP contribution in [0.4, 0.5) is 4.39 Å². The van der Waals surface area contributed by atoms with Crippen LogP contribution in [0.1, 0.15) is 37.8 Å². The van der Waals surface area contributed by atoms with Gasteiger partial charge in [-0.15, -0.1) is 0 Å². The molecule has 0 aliphatic carbocycles. The SMILES string of the molecule is CCN(CC(=O)NCc1ccc(F)cc1)C(=O)C1(c2ccccc2)CCN(C(C)=O)CC1.